The van der Waals surface area contributed by atoms with E-state index in [2.05, 4.69) is 295 Å². The fourth-order valence-electron chi connectivity index (χ4n) is 11.0. The molecule has 0 saturated heterocycles. The van der Waals surface area contributed by atoms with Crippen molar-refractivity contribution in [2.24, 2.45) is 23.2 Å². The van der Waals surface area contributed by atoms with E-state index in [1.807, 2.05) is 12.1 Å². The van der Waals surface area contributed by atoms with Crippen molar-refractivity contribution in [1.82, 2.24) is 19.9 Å². The Morgan fingerprint density at radius 3 is 1.14 bits per heavy atom. The molecule has 0 aliphatic heterocycles. The molecule has 8 aromatic carbocycles. The molecule has 0 N–H and O–H groups in total. The van der Waals surface area contributed by atoms with E-state index in [1.54, 1.807) is 0 Å². The highest BCUT2D eigenvalue weighted by molar-refractivity contribution is 5.86. The van der Waals surface area contributed by atoms with Gasteiger partial charge in [0.2, 0.25) is 0 Å². The standard InChI is InChI=1S/C21H23N.2C20H21N.C19H19N/c1-14(2)9-17-5-6-18-7-8-20(22-21(18)13-17)19-11-15(3)10-16(4)12-19;1-14(2)11-16-7-8-17-9-10-19(21-20(17)13-16)18-6-4-5-15(3)12-18;1-20(2,3)14-16-13-19(15-9-5-4-6-10-15)21-18-12-8-7-11-17(16)18;1-14(2)12-15-8-9-17-10-11-18(20-19(17)13-15)16-6-4-3-5-7-16/h5-8,10-14H,9H2,1-4H3;4-10,12-14H,11H2,1-3H3;4-13H,14H2,1-3H3;3-11,13-14H,12H2,1-2H3. The fourth-order valence-corrected chi connectivity index (χ4v) is 11.0. The first-order valence-corrected chi connectivity index (χ1v) is 30.2. The lowest BCUT2D eigenvalue weighted by molar-refractivity contribution is 0.412. The minimum Gasteiger partial charge on any atom is -0.248 e. The van der Waals surface area contributed by atoms with Gasteiger partial charge in [-0.15, -0.1) is 0 Å². The summed E-state index contributed by atoms with van der Waals surface area (Å²) in [5.41, 5.74) is 22.9. The number of aryl methyl sites for hydroxylation is 3. The zero-order valence-electron chi connectivity index (χ0n) is 51.7. The Hall–Kier alpha value is -8.60. The van der Waals surface area contributed by atoms with Crippen LogP contribution in [-0.4, -0.2) is 19.9 Å². The molecule has 84 heavy (non-hydrogen) atoms. The maximum Gasteiger partial charge on any atom is 0.0712 e. The van der Waals surface area contributed by atoms with Gasteiger partial charge in [0.15, 0.2) is 0 Å². The summed E-state index contributed by atoms with van der Waals surface area (Å²) < 4.78 is 0. The molecule has 0 amide bonds. The van der Waals surface area contributed by atoms with E-state index >= 15 is 0 Å². The monoisotopic (exact) mass is 1100 g/mol. The van der Waals surface area contributed by atoms with Crippen LogP contribution in [0.2, 0.25) is 0 Å². The summed E-state index contributed by atoms with van der Waals surface area (Å²) in [5.74, 6) is 2.01. The highest BCUT2D eigenvalue weighted by atomic mass is 14.7. The van der Waals surface area contributed by atoms with Crippen molar-refractivity contribution in [2.45, 2.75) is 109 Å². The smallest absolute Gasteiger partial charge is 0.0712 e. The van der Waals surface area contributed by atoms with Crippen LogP contribution >= 0.6 is 0 Å². The van der Waals surface area contributed by atoms with Crippen LogP contribution in [0.15, 0.2) is 224 Å². The van der Waals surface area contributed by atoms with E-state index in [-0.39, 0.29) is 5.41 Å². The maximum absolute atomic E-state index is 4.90. The highest BCUT2D eigenvalue weighted by Gasteiger charge is 2.16. The van der Waals surface area contributed by atoms with Gasteiger partial charge in [-0.1, -0.05) is 237 Å². The third-order valence-corrected chi connectivity index (χ3v) is 14.7. The average molecular weight is 1100 g/mol. The molecule has 0 aliphatic rings. The summed E-state index contributed by atoms with van der Waals surface area (Å²) in [6.45, 7) is 26.7. The second-order valence-electron chi connectivity index (χ2n) is 25.4. The molecular weight excluding hydrogens is 1020 g/mol. The SMILES string of the molecule is CC(C)(C)Cc1cc(-c2ccccc2)nc2ccccc12.CC(C)Cc1ccc2ccc(-c3ccccc3)nc2c1.Cc1cc(C)cc(-c2ccc3ccc(CC(C)C)cc3n2)c1.Cc1cccc(-c2ccc3ccc(CC(C)C)cc3n2)c1. The van der Waals surface area contributed by atoms with Crippen LogP contribution in [0, 0.1) is 43.9 Å². The molecule has 0 spiro atoms. The number of nitrogens with zero attached hydrogens (tertiary/aromatic N) is 4. The number of hydrogen-bond donors (Lipinski definition) is 0. The van der Waals surface area contributed by atoms with E-state index in [4.69, 9.17) is 19.9 Å². The minimum absolute atomic E-state index is 0.262. The third kappa shape index (κ3) is 16.8. The van der Waals surface area contributed by atoms with Gasteiger partial charge in [0.25, 0.3) is 0 Å². The van der Waals surface area contributed by atoms with Crippen LogP contribution in [-0.2, 0) is 25.7 Å². The van der Waals surface area contributed by atoms with Crippen molar-refractivity contribution >= 4 is 43.6 Å². The largest absolute Gasteiger partial charge is 0.248 e. The zero-order chi connectivity index (χ0) is 59.3. The molecular formula is C80H84N4. The number of aromatic nitrogens is 4. The van der Waals surface area contributed by atoms with Gasteiger partial charge in [-0.2, -0.15) is 0 Å². The quantitative estimate of drug-likeness (QED) is 0.130. The van der Waals surface area contributed by atoms with Crippen molar-refractivity contribution in [3.8, 4) is 45.0 Å². The molecule has 0 fully saturated rings. The second kappa shape index (κ2) is 27.7. The molecule has 0 saturated carbocycles. The molecule has 0 aliphatic carbocycles. The van der Waals surface area contributed by atoms with Gasteiger partial charge in [0.05, 0.1) is 44.8 Å². The Morgan fingerprint density at radius 2 is 0.690 bits per heavy atom. The third-order valence-electron chi connectivity index (χ3n) is 14.7. The summed E-state index contributed by atoms with van der Waals surface area (Å²) in [6, 6.07) is 79.3. The summed E-state index contributed by atoms with van der Waals surface area (Å²) in [5, 5.41) is 4.89. The van der Waals surface area contributed by atoms with E-state index in [0.717, 1.165) is 70.5 Å². The van der Waals surface area contributed by atoms with Crippen molar-refractivity contribution in [3.05, 3.63) is 263 Å². The van der Waals surface area contributed by atoms with E-state index < -0.39 is 0 Å². The Kier molecular flexibility index (Phi) is 19.8. The van der Waals surface area contributed by atoms with Gasteiger partial charge in [0.1, 0.15) is 0 Å². The molecule has 12 rings (SSSR count). The average Bonchev–Trinajstić information content (AvgIpc) is 3.41. The first-order chi connectivity index (χ1) is 40.4. The molecule has 12 aromatic rings. The van der Waals surface area contributed by atoms with Crippen molar-refractivity contribution in [2.75, 3.05) is 0 Å². The first kappa shape index (κ1) is 60.0. The number of benzene rings is 8. The maximum atomic E-state index is 4.90. The van der Waals surface area contributed by atoms with Crippen molar-refractivity contribution < 1.29 is 0 Å². The summed E-state index contributed by atoms with van der Waals surface area (Å²) in [7, 11) is 0. The Morgan fingerprint density at radius 1 is 0.310 bits per heavy atom. The summed E-state index contributed by atoms with van der Waals surface area (Å²) in [4.78, 5) is 19.4. The van der Waals surface area contributed by atoms with Crippen molar-refractivity contribution in [3.63, 3.8) is 0 Å². The van der Waals surface area contributed by atoms with Crippen LogP contribution in [0.5, 0.6) is 0 Å². The predicted octanol–water partition coefficient (Wildman–Crippen LogP) is 21.7. The molecule has 0 bridgehead atoms. The summed E-state index contributed by atoms with van der Waals surface area (Å²) >= 11 is 0. The summed E-state index contributed by atoms with van der Waals surface area (Å²) in [6.07, 6.45) is 4.36. The number of pyridine rings is 4. The molecule has 4 heteroatoms. The predicted molar refractivity (Wildman–Crippen MR) is 362 cm³/mol. The number of fused-ring (bicyclic) bond motifs is 4. The van der Waals surface area contributed by atoms with Crippen LogP contribution in [0.3, 0.4) is 0 Å². The fraction of sp³-hybridized carbons (Fsp3) is 0.250. The Bertz CT molecular complexity index is 4110. The van der Waals surface area contributed by atoms with Crippen LogP contribution in [0.4, 0.5) is 0 Å². The molecule has 4 aromatic heterocycles. The van der Waals surface area contributed by atoms with E-state index in [1.165, 1.54) is 82.7 Å². The minimum atomic E-state index is 0.262. The first-order valence-electron chi connectivity index (χ1n) is 30.2. The van der Waals surface area contributed by atoms with Gasteiger partial charge in [-0.3, -0.25) is 0 Å². The van der Waals surface area contributed by atoms with E-state index in [0.29, 0.717) is 17.8 Å². The normalized spacial score (nSPS) is 11.4. The molecule has 4 heterocycles. The van der Waals surface area contributed by atoms with E-state index in [9.17, 15) is 0 Å². The number of para-hydroxylation sites is 1. The second-order valence-corrected chi connectivity index (χ2v) is 25.4. The molecule has 0 unspecified atom stereocenters. The molecule has 0 radical (unpaired) electrons. The van der Waals surface area contributed by atoms with Crippen LogP contribution in [0.1, 0.15) is 101 Å². The van der Waals surface area contributed by atoms with Gasteiger partial charge in [0, 0.05) is 43.8 Å². The lowest BCUT2D eigenvalue weighted by atomic mass is 9.86. The zero-order valence-corrected chi connectivity index (χ0v) is 51.7. The lowest BCUT2D eigenvalue weighted by Gasteiger charge is -2.20. The van der Waals surface area contributed by atoms with Gasteiger partial charge < -0.3 is 0 Å². The van der Waals surface area contributed by atoms with Gasteiger partial charge in [-0.05, 0) is 159 Å². The molecule has 0 atom stereocenters. The molecule has 424 valence electrons. The van der Waals surface area contributed by atoms with Gasteiger partial charge in [-0.25, -0.2) is 19.9 Å². The van der Waals surface area contributed by atoms with Gasteiger partial charge >= 0.3 is 0 Å². The van der Waals surface area contributed by atoms with Crippen LogP contribution < -0.4 is 0 Å². The number of rotatable bonds is 11. The Labute approximate surface area is 501 Å². The lowest BCUT2D eigenvalue weighted by Crippen LogP contribution is -2.10. The van der Waals surface area contributed by atoms with Crippen LogP contribution in [0.25, 0.3) is 88.6 Å². The van der Waals surface area contributed by atoms with Crippen molar-refractivity contribution in [1.29, 1.82) is 0 Å². The topological polar surface area (TPSA) is 51.6 Å². The highest BCUT2D eigenvalue weighted by Crippen LogP contribution is 2.31. The number of hydrogen-bond acceptors (Lipinski definition) is 4. The molecule has 4 nitrogen and oxygen atoms in total. The Balaban J connectivity index is 0.000000134.